The fourth-order valence-corrected chi connectivity index (χ4v) is 12.7. The third-order valence-corrected chi connectivity index (χ3v) is 18.3. The molecule has 28 heteroatoms. The minimum Gasteiger partial charge on any atom is -0.480 e. The van der Waals surface area contributed by atoms with Gasteiger partial charge in [0.2, 0.25) is 53.2 Å². The smallest absolute Gasteiger partial charge is 0.408 e. The van der Waals surface area contributed by atoms with E-state index < -0.39 is 155 Å². The molecular weight excluding hydrogens is 1390 g/mol. The Morgan fingerprint density at radius 1 is 0.444 bits per heavy atom. The number of hydrogen-bond donors (Lipinski definition) is 10. The predicted octanol–water partition coefficient (Wildman–Crippen LogP) is 6.46. The highest BCUT2D eigenvalue weighted by Crippen LogP contribution is 2.24. The van der Waals surface area contributed by atoms with Crippen molar-refractivity contribution in [1.29, 1.82) is 0 Å². The van der Waals surface area contributed by atoms with Crippen LogP contribution >= 0.6 is 0 Å². The standard InChI is InChI=1S/C80H111N11O17/c1-49(2)43-59(70(95)87-62(46-54-29-18-13-19-30-54)76(101)91-42-26-37-64(91)77(102)103)84-68(93)57(35-24-40-81-78(104)107-48-56-33-22-15-23-34-56)82-73(98)66(51(5)6)88-72(97)63-36-25-41-90(63)75(100)61(45-53-27-16-12-17-28-53)86-71(96)60(44-50(3)4)85-69(94)58(38-39-65(92)106-47-55-31-20-14-21-32-55)83-74(99)67(52(7)8)89-79(105)108-80(9,10)11/h12-23,27-34,49-52,57-64,66-67H,24-26,35-48H2,1-11H3,(H,81,104)(H,82,98)(H,83,99)(H,84,93)(H,85,94)(H,86,96)(H,87,95)(H,88,97)(H,89,105)(H,102,103)/t57-,58-,59-,60-,61+,62+,63-,64-,66-,67-/m0/s1. The summed E-state index contributed by atoms with van der Waals surface area (Å²) in [6.45, 7) is 19.0. The van der Waals surface area contributed by atoms with Gasteiger partial charge in [0.25, 0.3) is 0 Å². The van der Waals surface area contributed by atoms with Crippen molar-refractivity contribution < 1.29 is 81.6 Å². The molecule has 2 aliphatic rings. The van der Waals surface area contributed by atoms with E-state index in [0.29, 0.717) is 29.5 Å². The van der Waals surface area contributed by atoms with E-state index in [-0.39, 0.29) is 109 Å². The molecule has 2 aliphatic heterocycles. The molecule has 0 spiro atoms. The van der Waals surface area contributed by atoms with Gasteiger partial charge in [-0.05, 0) is 124 Å². The Bertz CT molecular complexity index is 3650. The molecule has 10 N–H and O–H groups in total. The SMILES string of the molecule is CC(C)C[C@H](NC(=O)[C@H](CCCNC(=O)OCc1ccccc1)NC(=O)[C@@H](NC(=O)[C@@H]1CCCN1C(=O)[C@@H](Cc1ccccc1)NC(=O)[C@H](CC(C)C)NC(=O)[C@H](CCC(=O)OCc1ccccc1)NC(=O)[C@@H](NC(=O)OC(C)(C)C)C(C)C)C(C)C)C(=O)N[C@H](Cc1ccccc1)C(=O)N1CCC[C@H]1C(=O)O. The quantitative estimate of drug-likeness (QED) is 0.0130. The molecular formula is C80H111N11O17. The highest BCUT2D eigenvalue weighted by atomic mass is 16.6. The van der Waals surface area contributed by atoms with E-state index >= 15 is 4.79 Å². The number of carbonyl (C=O) groups excluding carboxylic acids is 12. The van der Waals surface area contributed by atoms with Crippen molar-refractivity contribution in [3.63, 3.8) is 0 Å². The lowest BCUT2D eigenvalue weighted by molar-refractivity contribution is -0.149. The second-order valence-electron chi connectivity index (χ2n) is 30.1. The second kappa shape index (κ2) is 42.8. The largest absolute Gasteiger partial charge is 0.480 e. The first kappa shape index (κ1) is 86.5. The molecule has 588 valence electrons. The number of nitrogens with zero attached hydrogens (tertiary/aromatic N) is 2. The summed E-state index contributed by atoms with van der Waals surface area (Å²) in [7, 11) is 0. The van der Waals surface area contributed by atoms with Gasteiger partial charge in [-0.15, -0.1) is 0 Å². The van der Waals surface area contributed by atoms with Gasteiger partial charge in [-0.2, -0.15) is 0 Å². The zero-order valence-corrected chi connectivity index (χ0v) is 64.0. The molecule has 2 fully saturated rings. The zero-order valence-electron chi connectivity index (χ0n) is 64.0. The van der Waals surface area contributed by atoms with Crippen LogP contribution in [-0.4, -0.2) is 178 Å². The minimum atomic E-state index is -1.47. The number of aliphatic carboxylic acids is 1. The van der Waals surface area contributed by atoms with Crippen molar-refractivity contribution in [3.05, 3.63) is 144 Å². The number of alkyl carbamates (subject to hydrolysis) is 2. The molecule has 10 atom stereocenters. The van der Waals surface area contributed by atoms with Crippen molar-refractivity contribution in [2.24, 2.45) is 23.7 Å². The first-order valence-corrected chi connectivity index (χ1v) is 37.4. The van der Waals surface area contributed by atoms with Gasteiger partial charge in [0.05, 0.1) is 0 Å². The molecule has 108 heavy (non-hydrogen) atoms. The monoisotopic (exact) mass is 1500 g/mol. The molecule has 4 aromatic carbocycles. The molecule has 0 radical (unpaired) electrons. The highest BCUT2D eigenvalue weighted by Gasteiger charge is 2.43. The number of benzene rings is 4. The fraction of sp³-hybridized carbons (Fsp3) is 0.537. The summed E-state index contributed by atoms with van der Waals surface area (Å²) in [6, 6.07) is 22.6. The minimum absolute atomic E-state index is 0.00165. The summed E-state index contributed by atoms with van der Waals surface area (Å²) < 4.78 is 16.3. The first-order valence-electron chi connectivity index (χ1n) is 37.4. The lowest BCUT2D eigenvalue weighted by Gasteiger charge is -2.32. The molecule has 11 amide bonds. The average Bonchev–Trinajstić information content (AvgIpc) is 1.62. The van der Waals surface area contributed by atoms with Crippen LogP contribution in [0.25, 0.3) is 0 Å². The van der Waals surface area contributed by atoms with Gasteiger partial charge in [0.15, 0.2) is 0 Å². The van der Waals surface area contributed by atoms with Crippen LogP contribution in [0.2, 0.25) is 0 Å². The maximum atomic E-state index is 15.3. The molecule has 0 bridgehead atoms. The van der Waals surface area contributed by atoms with Gasteiger partial charge in [-0.25, -0.2) is 14.4 Å². The van der Waals surface area contributed by atoms with E-state index in [0.717, 1.165) is 5.56 Å². The van der Waals surface area contributed by atoms with Crippen LogP contribution < -0.4 is 47.9 Å². The molecule has 2 saturated heterocycles. The molecule has 0 saturated carbocycles. The molecule has 0 aromatic heterocycles. The van der Waals surface area contributed by atoms with E-state index in [9.17, 15) is 62.6 Å². The molecule has 0 unspecified atom stereocenters. The van der Waals surface area contributed by atoms with Gasteiger partial charge in [-0.1, -0.05) is 177 Å². The topological polar surface area (TPSA) is 385 Å². The van der Waals surface area contributed by atoms with Crippen LogP contribution in [0.1, 0.15) is 163 Å². The maximum absolute atomic E-state index is 15.3. The van der Waals surface area contributed by atoms with Crippen LogP contribution in [0.15, 0.2) is 121 Å². The van der Waals surface area contributed by atoms with Crippen LogP contribution in [0.3, 0.4) is 0 Å². The lowest BCUT2D eigenvalue weighted by Crippen LogP contribution is -2.61. The molecule has 4 aromatic rings. The van der Waals surface area contributed by atoms with Gasteiger partial charge in [0, 0.05) is 38.9 Å². The van der Waals surface area contributed by atoms with Crippen LogP contribution in [0, 0.1) is 23.7 Å². The summed E-state index contributed by atoms with van der Waals surface area (Å²) in [6.07, 6.45) is -1.16. The van der Waals surface area contributed by atoms with Crippen LogP contribution in [0.5, 0.6) is 0 Å². The Kier molecular flexibility index (Phi) is 34.3. The summed E-state index contributed by atoms with van der Waals surface area (Å²) >= 11 is 0. The molecule has 2 heterocycles. The Hall–Kier alpha value is -10.4. The highest BCUT2D eigenvalue weighted by molar-refractivity contribution is 5.99. The van der Waals surface area contributed by atoms with Crippen molar-refractivity contribution in [2.75, 3.05) is 19.6 Å². The number of carbonyl (C=O) groups is 13. The summed E-state index contributed by atoms with van der Waals surface area (Å²) in [5.41, 5.74) is 1.85. The number of rotatable bonds is 39. The van der Waals surface area contributed by atoms with E-state index in [2.05, 4.69) is 47.9 Å². The molecule has 28 nitrogen and oxygen atoms in total. The zero-order chi connectivity index (χ0) is 79.2. The Morgan fingerprint density at radius 3 is 1.25 bits per heavy atom. The van der Waals surface area contributed by atoms with Crippen molar-refractivity contribution >= 4 is 77.3 Å². The normalized spacial score (nSPS) is 16.4. The Balaban J connectivity index is 1.22. The first-order chi connectivity index (χ1) is 51.3. The van der Waals surface area contributed by atoms with Crippen LogP contribution in [-0.2, 0) is 93.0 Å². The number of carboxylic acid groups (broad SMARTS) is 1. The van der Waals surface area contributed by atoms with Crippen LogP contribution in [0.4, 0.5) is 9.59 Å². The Labute approximate surface area is 633 Å². The summed E-state index contributed by atoms with van der Waals surface area (Å²) in [5, 5.41) is 34.9. The predicted molar refractivity (Wildman–Crippen MR) is 402 cm³/mol. The van der Waals surface area contributed by atoms with E-state index in [1.54, 1.807) is 158 Å². The number of esters is 1. The Morgan fingerprint density at radius 2 is 0.824 bits per heavy atom. The van der Waals surface area contributed by atoms with Gasteiger partial charge < -0.3 is 77.0 Å². The number of carboxylic acids is 1. The number of hydrogen-bond acceptors (Lipinski definition) is 16. The van der Waals surface area contributed by atoms with Crippen molar-refractivity contribution in [3.8, 4) is 0 Å². The summed E-state index contributed by atoms with van der Waals surface area (Å²) in [4.78, 5) is 187. The fourth-order valence-electron chi connectivity index (χ4n) is 12.7. The number of ether oxygens (including phenoxy) is 3. The lowest BCUT2D eigenvalue weighted by atomic mass is 9.99. The van der Waals surface area contributed by atoms with E-state index in [1.165, 1.54) is 9.80 Å². The van der Waals surface area contributed by atoms with Gasteiger partial charge in [0.1, 0.15) is 79.2 Å². The van der Waals surface area contributed by atoms with Gasteiger partial charge >= 0.3 is 24.1 Å². The molecule has 0 aliphatic carbocycles. The van der Waals surface area contributed by atoms with E-state index in [1.807, 2.05) is 39.8 Å². The number of nitrogens with one attached hydrogen (secondary N) is 9. The van der Waals surface area contributed by atoms with E-state index in [4.69, 9.17) is 14.2 Å². The second-order valence-corrected chi connectivity index (χ2v) is 30.1. The van der Waals surface area contributed by atoms with Crippen molar-refractivity contribution in [2.45, 2.75) is 232 Å². The third-order valence-electron chi connectivity index (χ3n) is 18.3. The van der Waals surface area contributed by atoms with Gasteiger partial charge in [-0.3, -0.25) is 47.9 Å². The average molecular weight is 1500 g/mol. The van der Waals surface area contributed by atoms with Crippen molar-refractivity contribution in [1.82, 2.24) is 57.7 Å². The maximum Gasteiger partial charge on any atom is 0.408 e. The summed E-state index contributed by atoms with van der Waals surface area (Å²) in [5.74, 6) is -10.3. The molecule has 6 rings (SSSR count). The number of likely N-dealkylation sites (tertiary alicyclic amines) is 2. The number of amides is 11. The third kappa shape index (κ3) is 28.7.